The molecule has 1 aliphatic rings. The molecule has 3 aromatic heterocycles. The predicted molar refractivity (Wildman–Crippen MR) is 110 cm³/mol. The zero-order valence-corrected chi connectivity index (χ0v) is 16.2. The highest BCUT2D eigenvalue weighted by Gasteiger charge is 2.53. The van der Waals surface area contributed by atoms with Crippen LogP contribution in [-0.2, 0) is 4.74 Å². The molecule has 9 nitrogen and oxygen atoms in total. The van der Waals surface area contributed by atoms with Crippen molar-refractivity contribution in [3.63, 3.8) is 0 Å². The summed E-state index contributed by atoms with van der Waals surface area (Å²) in [5.41, 5.74) is 5.69. The number of nitrogens with two attached hydrogens (primary N) is 1. The number of nitrogen functional groups attached to an aromatic ring is 1. The van der Waals surface area contributed by atoms with Crippen molar-refractivity contribution < 1.29 is 19.7 Å². The summed E-state index contributed by atoms with van der Waals surface area (Å²) in [6, 6.07) is 11.2. The van der Waals surface area contributed by atoms with Gasteiger partial charge in [-0.1, -0.05) is 6.07 Å². The fourth-order valence-electron chi connectivity index (χ4n) is 3.79. The predicted octanol–water partition coefficient (Wildman–Crippen LogP) is 1.65. The molecule has 5 rings (SSSR count). The summed E-state index contributed by atoms with van der Waals surface area (Å²) in [5, 5.41) is 23.4. The van der Waals surface area contributed by atoms with Crippen molar-refractivity contribution in [3.8, 4) is 5.75 Å². The number of fused-ring (bicyclic) bond motifs is 2. The quantitative estimate of drug-likeness (QED) is 0.466. The van der Waals surface area contributed by atoms with Crippen molar-refractivity contribution in [1.82, 2.24) is 19.5 Å². The zero-order chi connectivity index (χ0) is 20.9. The lowest BCUT2D eigenvalue weighted by Gasteiger charge is -2.26. The molecule has 0 radical (unpaired) electrons. The molecule has 9 heteroatoms. The minimum Gasteiger partial charge on any atom is -0.491 e. The van der Waals surface area contributed by atoms with Crippen LogP contribution < -0.4 is 10.5 Å². The van der Waals surface area contributed by atoms with Crippen molar-refractivity contribution in [2.75, 3.05) is 12.3 Å². The van der Waals surface area contributed by atoms with Crippen LogP contribution in [0, 0.1) is 0 Å². The van der Waals surface area contributed by atoms with Crippen LogP contribution in [0.15, 0.2) is 55.1 Å². The Morgan fingerprint density at radius 1 is 1.23 bits per heavy atom. The largest absolute Gasteiger partial charge is 0.491 e. The summed E-state index contributed by atoms with van der Waals surface area (Å²) < 4.78 is 13.5. The smallest absolute Gasteiger partial charge is 0.164 e. The van der Waals surface area contributed by atoms with E-state index in [9.17, 15) is 10.2 Å². The molecule has 1 aliphatic heterocycles. The van der Waals surface area contributed by atoms with Crippen LogP contribution in [0.5, 0.6) is 5.75 Å². The average molecular weight is 407 g/mol. The molecular formula is C21H21N5O4. The number of pyridine rings is 1. The van der Waals surface area contributed by atoms with Crippen molar-refractivity contribution in [2.24, 2.45) is 0 Å². The van der Waals surface area contributed by atoms with Crippen LogP contribution >= 0.6 is 0 Å². The van der Waals surface area contributed by atoms with Gasteiger partial charge in [0.25, 0.3) is 0 Å². The van der Waals surface area contributed by atoms with Gasteiger partial charge in [0.15, 0.2) is 6.23 Å². The van der Waals surface area contributed by atoms with Crippen molar-refractivity contribution >= 4 is 27.8 Å². The van der Waals surface area contributed by atoms with Gasteiger partial charge in [0.05, 0.1) is 10.9 Å². The van der Waals surface area contributed by atoms with E-state index < -0.39 is 24.0 Å². The monoisotopic (exact) mass is 407 g/mol. The molecule has 1 fully saturated rings. The number of nitrogens with zero attached hydrogens (tertiary/aromatic N) is 4. The van der Waals surface area contributed by atoms with Gasteiger partial charge >= 0.3 is 0 Å². The molecule has 4 N–H and O–H groups in total. The topological polar surface area (TPSA) is 129 Å². The van der Waals surface area contributed by atoms with E-state index in [0.717, 1.165) is 10.9 Å². The molecule has 0 bridgehead atoms. The Bertz CT molecular complexity index is 1220. The molecule has 0 saturated carbocycles. The third kappa shape index (κ3) is 2.95. The third-order valence-electron chi connectivity index (χ3n) is 5.62. The van der Waals surface area contributed by atoms with Crippen molar-refractivity contribution in [1.29, 1.82) is 0 Å². The number of rotatable bonds is 4. The molecule has 4 aromatic rings. The van der Waals surface area contributed by atoms with Gasteiger partial charge in [0.1, 0.15) is 48.0 Å². The van der Waals surface area contributed by atoms with Gasteiger partial charge in [-0.25, -0.2) is 9.97 Å². The number of anilines is 1. The normalized spacial score (nSPS) is 26.4. The number of aliphatic hydroxyl groups excluding tert-OH is 1. The summed E-state index contributed by atoms with van der Waals surface area (Å²) in [5.74, 6) is 0.938. The first-order valence-electron chi connectivity index (χ1n) is 9.55. The number of ether oxygens (including phenoxy) is 2. The van der Waals surface area contributed by atoms with Crippen LogP contribution in [0.3, 0.4) is 0 Å². The molecule has 4 heterocycles. The number of hydrogen-bond donors (Lipinski definition) is 3. The molecule has 0 spiro atoms. The molecule has 3 unspecified atom stereocenters. The van der Waals surface area contributed by atoms with Crippen LogP contribution in [0.2, 0.25) is 0 Å². The third-order valence-corrected chi connectivity index (χ3v) is 5.62. The Kier molecular flexibility index (Phi) is 4.31. The van der Waals surface area contributed by atoms with Gasteiger partial charge < -0.3 is 30.0 Å². The van der Waals surface area contributed by atoms with Gasteiger partial charge in [-0.3, -0.25) is 4.98 Å². The highest BCUT2D eigenvalue weighted by Crippen LogP contribution is 2.39. The first-order valence-corrected chi connectivity index (χ1v) is 9.55. The SMILES string of the molecule is CC1(O)C(O)C(n2ccc3c(N)ncnc32)O[C@@H]1COc1ccc2cccnc2c1. The van der Waals surface area contributed by atoms with E-state index >= 15 is 0 Å². The molecule has 30 heavy (non-hydrogen) atoms. The Morgan fingerprint density at radius 2 is 2.10 bits per heavy atom. The molecule has 154 valence electrons. The molecule has 0 amide bonds. The summed E-state index contributed by atoms with van der Waals surface area (Å²) >= 11 is 0. The molecular weight excluding hydrogens is 386 g/mol. The minimum atomic E-state index is -1.53. The molecule has 1 aromatic carbocycles. The Hall–Kier alpha value is -3.27. The summed E-state index contributed by atoms with van der Waals surface area (Å²) in [6.45, 7) is 1.58. The lowest BCUT2D eigenvalue weighted by atomic mass is 9.95. The minimum absolute atomic E-state index is 0.0508. The van der Waals surface area contributed by atoms with E-state index in [2.05, 4.69) is 15.0 Å². The van der Waals surface area contributed by atoms with E-state index in [0.29, 0.717) is 22.6 Å². The van der Waals surface area contributed by atoms with Crippen molar-refractivity contribution in [2.45, 2.75) is 31.0 Å². The van der Waals surface area contributed by atoms with Crippen molar-refractivity contribution in [3.05, 3.63) is 55.1 Å². The van der Waals surface area contributed by atoms with Gasteiger partial charge in [0, 0.05) is 23.8 Å². The van der Waals surface area contributed by atoms with E-state index in [1.807, 2.05) is 30.3 Å². The highest BCUT2D eigenvalue weighted by atomic mass is 16.6. The fourth-order valence-corrected chi connectivity index (χ4v) is 3.79. The summed E-state index contributed by atoms with van der Waals surface area (Å²) in [4.78, 5) is 12.5. The highest BCUT2D eigenvalue weighted by molar-refractivity contribution is 5.86. The van der Waals surface area contributed by atoms with E-state index in [4.69, 9.17) is 15.2 Å². The average Bonchev–Trinajstić information content (AvgIpc) is 3.27. The van der Waals surface area contributed by atoms with E-state index in [1.165, 1.54) is 13.3 Å². The first kappa shape index (κ1) is 18.7. The zero-order valence-electron chi connectivity index (χ0n) is 16.2. The second kappa shape index (κ2) is 6.91. The Labute approximate surface area is 171 Å². The Morgan fingerprint density at radius 3 is 2.97 bits per heavy atom. The number of aromatic nitrogens is 4. The maximum absolute atomic E-state index is 10.9. The lowest BCUT2D eigenvalue weighted by molar-refractivity contribution is -0.0765. The number of hydrogen-bond acceptors (Lipinski definition) is 8. The number of benzene rings is 1. The van der Waals surface area contributed by atoms with E-state index in [-0.39, 0.29) is 6.61 Å². The van der Waals surface area contributed by atoms with E-state index in [1.54, 1.807) is 23.0 Å². The molecule has 4 atom stereocenters. The van der Waals surface area contributed by atoms with Gasteiger partial charge in [-0.15, -0.1) is 0 Å². The Balaban J connectivity index is 1.38. The second-order valence-electron chi connectivity index (χ2n) is 7.57. The first-order chi connectivity index (χ1) is 14.4. The molecule has 1 saturated heterocycles. The van der Waals surface area contributed by atoms with Crippen LogP contribution in [0.1, 0.15) is 13.2 Å². The van der Waals surface area contributed by atoms with Gasteiger partial charge in [-0.05, 0) is 31.2 Å². The van der Waals surface area contributed by atoms with Crippen LogP contribution in [0.4, 0.5) is 5.82 Å². The van der Waals surface area contributed by atoms with Gasteiger partial charge in [-0.2, -0.15) is 0 Å². The summed E-state index contributed by atoms with van der Waals surface area (Å²) in [7, 11) is 0. The van der Waals surface area contributed by atoms with Crippen LogP contribution in [-0.4, -0.2) is 54.1 Å². The number of aliphatic hydroxyl groups is 2. The second-order valence-corrected chi connectivity index (χ2v) is 7.57. The summed E-state index contributed by atoms with van der Waals surface area (Å²) in [6.07, 6.45) is 1.96. The maximum Gasteiger partial charge on any atom is 0.164 e. The lowest BCUT2D eigenvalue weighted by Crippen LogP contribution is -2.47. The van der Waals surface area contributed by atoms with Crippen LogP contribution in [0.25, 0.3) is 21.9 Å². The fraction of sp³-hybridized carbons (Fsp3) is 0.286. The van der Waals surface area contributed by atoms with Gasteiger partial charge in [0.2, 0.25) is 0 Å². The molecule has 0 aliphatic carbocycles. The maximum atomic E-state index is 10.9. The standard InChI is InChI=1S/C21H21N5O4/c1-21(28)16(10-29-13-5-4-12-3-2-7-23-15(12)9-13)30-20(17(21)27)26-8-6-14-18(22)24-11-25-19(14)26/h2-9,11,16-17,20,27-28H,10H2,1H3,(H2,22,24,25)/t16-,17?,20?,21?/m1/s1.